The normalized spacial score (nSPS) is 17.8. The molecule has 6 nitrogen and oxygen atoms in total. The number of piperidine rings is 1. The zero-order valence-corrected chi connectivity index (χ0v) is 18.8. The van der Waals surface area contributed by atoms with Crippen molar-refractivity contribution in [3.05, 3.63) is 46.8 Å². The average Bonchev–Trinajstić information content (AvgIpc) is 3.16. The van der Waals surface area contributed by atoms with Crippen molar-refractivity contribution >= 4 is 27.3 Å². The molecule has 0 radical (unpaired) electrons. The van der Waals surface area contributed by atoms with E-state index in [9.17, 15) is 13.2 Å². The van der Waals surface area contributed by atoms with Crippen LogP contribution in [0.5, 0.6) is 5.75 Å². The highest BCUT2D eigenvalue weighted by Gasteiger charge is 2.35. The van der Waals surface area contributed by atoms with Crippen molar-refractivity contribution in [1.82, 2.24) is 9.21 Å². The van der Waals surface area contributed by atoms with E-state index in [1.54, 1.807) is 18.0 Å². The predicted octanol–water partition coefficient (Wildman–Crippen LogP) is 3.30. The summed E-state index contributed by atoms with van der Waals surface area (Å²) >= 11 is 1.27. The number of amides is 1. The molecule has 158 valence electrons. The van der Waals surface area contributed by atoms with E-state index in [2.05, 4.69) is 0 Å². The van der Waals surface area contributed by atoms with Crippen molar-refractivity contribution < 1.29 is 17.9 Å². The Hall–Kier alpha value is -1.90. The molecule has 1 aromatic carbocycles. The van der Waals surface area contributed by atoms with Crippen molar-refractivity contribution in [3.63, 3.8) is 0 Å². The number of sulfonamides is 1. The van der Waals surface area contributed by atoms with Gasteiger partial charge in [0.25, 0.3) is 10.0 Å². The zero-order chi connectivity index (χ0) is 21.0. The van der Waals surface area contributed by atoms with Crippen LogP contribution in [-0.4, -0.2) is 56.8 Å². The number of para-hydroxylation sites is 1. The number of likely N-dealkylation sites (N-methyl/N-ethyl adjacent to an activating group) is 1. The smallest absolute Gasteiger partial charge is 0.252 e. The maximum absolute atomic E-state index is 12.9. The molecule has 1 fully saturated rings. The molecule has 1 atom stereocenters. The summed E-state index contributed by atoms with van der Waals surface area (Å²) in [6, 6.07) is 11.2. The van der Waals surface area contributed by atoms with Gasteiger partial charge in [0.2, 0.25) is 5.91 Å². The van der Waals surface area contributed by atoms with Gasteiger partial charge in [-0.3, -0.25) is 4.79 Å². The van der Waals surface area contributed by atoms with Crippen LogP contribution in [0.15, 0.2) is 40.6 Å². The summed E-state index contributed by atoms with van der Waals surface area (Å²) in [6.07, 6.45) is 1.39. The Kier molecular flexibility index (Phi) is 6.97. The summed E-state index contributed by atoms with van der Waals surface area (Å²) in [5.74, 6) is 0.471. The van der Waals surface area contributed by atoms with Crippen molar-refractivity contribution in [2.45, 2.75) is 30.9 Å². The molecule has 1 aliphatic rings. The third-order valence-corrected chi connectivity index (χ3v) is 8.53. The Bertz CT molecular complexity index is 955. The maximum Gasteiger partial charge on any atom is 0.252 e. The Balaban J connectivity index is 1.56. The molecule has 1 amide bonds. The van der Waals surface area contributed by atoms with Crippen LogP contribution in [-0.2, 0) is 14.8 Å². The molecule has 1 saturated heterocycles. The second-order valence-corrected chi connectivity index (χ2v) is 10.9. The largest absolute Gasteiger partial charge is 0.491 e. The van der Waals surface area contributed by atoms with Crippen LogP contribution < -0.4 is 4.74 Å². The fourth-order valence-corrected chi connectivity index (χ4v) is 6.43. The summed E-state index contributed by atoms with van der Waals surface area (Å²) in [5.41, 5.74) is 1.05. The summed E-state index contributed by atoms with van der Waals surface area (Å²) in [5, 5.41) is 0. The molecule has 1 unspecified atom stereocenters. The van der Waals surface area contributed by atoms with Gasteiger partial charge in [-0.05, 0) is 50.5 Å². The molecule has 0 bridgehead atoms. The van der Waals surface area contributed by atoms with Gasteiger partial charge in [0.05, 0.1) is 12.5 Å². The molecule has 0 saturated carbocycles. The van der Waals surface area contributed by atoms with E-state index in [0.29, 0.717) is 36.7 Å². The second-order valence-electron chi connectivity index (χ2n) is 7.44. The van der Waals surface area contributed by atoms with E-state index in [1.165, 1.54) is 15.6 Å². The van der Waals surface area contributed by atoms with Gasteiger partial charge in [0.1, 0.15) is 16.6 Å². The molecule has 1 aliphatic heterocycles. The van der Waals surface area contributed by atoms with E-state index in [4.69, 9.17) is 4.74 Å². The lowest BCUT2D eigenvalue weighted by molar-refractivity contribution is -0.135. The number of hydrogen-bond donors (Lipinski definition) is 0. The highest BCUT2D eigenvalue weighted by Crippen LogP contribution is 2.28. The van der Waals surface area contributed by atoms with Gasteiger partial charge in [-0.1, -0.05) is 18.2 Å². The maximum atomic E-state index is 12.9. The van der Waals surface area contributed by atoms with Crippen LogP contribution in [0.1, 0.15) is 23.3 Å². The lowest BCUT2D eigenvalue weighted by atomic mass is 9.98. The van der Waals surface area contributed by atoms with E-state index in [0.717, 1.165) is 16.2 Å². The fraction of sp³-hybridized carbons (Fsp3) is 0.476. The summed E-state index contributed by atoms with van der Waals surface area (Å²) in [7, 11) is -1.79. The van der Waals surface area contributed by atoms with E-state index in [-0.39, 0.29) is 18.4 Å². The number of rotatable bonds is 7. The Labute approximate surface area is 177 Å². The number of aryl methyl sites for hydroxylation is 2. The number of ether oxygens (including phenoxy) is 1. The van der Waals surface area contributed by atoms with Crippen molar-refractivity contribution in [2.24, 2.45) is 5.92 Å². The monoisotopic (exact) mass is 436 g/mol. The minimum Gasteiger partial charge on any atom is -0.491 e. The number of nitrogens with zero attached hydrogens (tertiary/aromatic N) is 2. The first-order valence-corrected chi connectivity index (χ1v) is 12.0. The van der Waals surface area contributed by atoms with Gasteiger partial charge in [-0.15, -0.1) is 11.3 Å². The van der Waals surface area contributed by atoms with Crippen molar-refractivity contribution in [3.8, 4) is 5.75 Å². The summed E-state index contributed by atoms with van der Waals surface area (Å²) < 4.78 is 33.4. The Morgan fingerprint density at radius 3 is 2.69 bits per heavy atom. The fourth-order valence-electron chi connectivity index (χ4n) is 3.47. The van der Waals surface area contributed by atoms with Gasteiger partial charge in [0, 0.05) is 25.0 Å². The standard InChI is InChI=1S/C21H28N2O4S2/c1-16-7-4-5-9-19(16)27-14-13-22(3)21(24)18-8-6-12-23(15-18)29(25,26)20-11-10-17(2)28-20/h4-5,7,9-11,18H,6,8,12-15H2,1-3H3. The third kappa shape index (κ3) is 5.18. The molecule has 0 spiro atoms. The zero-order valence-electron chi connectivity index (χ0n) is 17.1. The van der Waals surface area contributed by atoms with Crippen LogP contribution in [0, 0.1) is 19.8 Å². The van der Waals surface area contributed by atoms with Crippen molar-refractivity contribution in [2.75, 3.05) is 33.3 Å². The van der Waals surface area contributed by atoms with E-state index in [1.807, 2.05) is 44.2 Å². The summed E-state index contributed by atoms with van der Waals surface area (Å²) in [6.45, 7) is 5.43. The molecule has 2 heterocycles. The lowest BCUT2D eigenvalue weighted by Gasteiger charge is -2.33. The molecule has 8 heteroatoms. The highest BCUT2D eigenvalue weighted by molar-refractivity contribution is 7.91. The molecule has 0 aliphatic carbocycles. The van der Waals surface area contributed by atoms with E-state index >= 15 is 0 Å². The van der Waals surface area contributed by atoms with Crippen LogP contribution in [0.4, 0.5) is 0 Å². The van der Waals surface area contributed by atoms with E-state index < -0.39 is 10.0 Å². The van der Waals surface area contributed by atoms with Crippen LogP contribution in [0.25, 0.3) is 0 Å². The van der Waals surface area contributed by atoms with Gasteiger partial charge in [-0.25, -0.2) is 8.42 Å². The predicted molar refractivity (Wildman–Crippen MR) is 115 cm³/mol. The van der Waals surface area contributed by atoms with Gasteiger partial charge in [0.15, 0.2) is 0 Å². The second kappa shape index (κ2) is 9.28. The third-order valence-electron chi connectivity index (χ3n) is 5.20. The molecule has 29 heavy (non-hydrogen) atoms. The van der Waals surface area contributed by atoms with Crippen LogP contribution >= 0.6 is 11.3 Å². The molecular weight excluding hydrogens is 408 g/mol. The number of carbonyl (C=O) groups is 1. The SMILES string of the molecule is Cc1ccc(S(=O)(=O)N2CCCC(C(=O)N(C)CCOc3ccccc3C)C2)s1. The van der Waals surface area contributed by atoms with Crippen LogP contribution in [0.3, 0.4) is 0 Å². The topological polar surface area (TPSA) is 66.9 Å². The van der Waals surface area contributed by atoms with Crippen molar-refractivity contribution in [1.29, 1.82) is 0 Å². The van der Waals surface area contributed by atoms with Gasteiger partial charge in [-0.2, -0.15) is 4.31 Å². The molecular formula is C21H28N2O4S2. The first-order valence-electron chi connectivity index (χ1n) is 9.79. The van der Waals surface area contributed by atoms with Gasteiger partial charge < -0.3 is 9.64 Å². The number of thiophene rings is 1. The molecule has 1 aromatic heterocycles. The van der Waals surface area contributed by atoms with Gasteiger partial charge >= 0.3 is 0 Å². The quantitative estimate of drug-likeness (QED) is 0.668. The minimum atomic E-state index is -3.53. The summed E-state index contributed by atoms with van der Waals surface area (Å²) in [4.78, 5) is 15.5. The molecule has 2 aromatic rings. The highest BCUT2D eigenvalue weighted by atomic mass is 32.2. The molecule has 0 N–H and O–H groups in total. The van der Waals surface area contributed by atoms with Crippen LogP contribution in [0.2, 0.25) is 0 Å². The molecule has 3 rings (SSSR count). The first kappa shape index (κ1) is 21.8. The number of benzene rings is 1. The number of hydrogen-bond acceptors (Lipinski definition) is 5. The lowest BCUT2D eigenvalue weighted by Crippen LogP contribution is -2.46. The Morgan fingerprint density at radius 1 is 1.24 bits per heavy atom. The minimum absolute atomic E-state index is 0.0272. The first-order chi connectivity index (χ1) is 13.8. The Morgan fingerprint density at radius 2 is 2.00 bits per heavy atom. The number of carbonyl (C=O) groups excluding carboxylic acids is 1. The average molecular weight is 437 g/mol.